The second kappa shape index (κ2) is 4.82. The zero-order valence-electron chi connectivity index (χ0n) is 8.99. The number of hydrogen-bond acceptors (Lipinski definition) is 3. The Labute approximate surface area is 90.2 Å². The SMILES string of the molecule is CCNc1cncc(C2=COCCC2)c1. The van der Waals surface area contributed by atoms with E-state index in [2.05, 4.69) is 23.3 Å². The first-order valence-corrected chi connectivity index (χ1v) is 5.40. The molecule has 0 atom stereocenters. The van der Waals surface area contributed by atoms with Crippen LogP contribution in [-0.4, -0.2) is 18.1 Å². The van der Waals surface area contributed by atoms with Crippen LogP contribution in [0.25, 0.3) is 5.57 Å². The topological polar surface area (TPSA) is 34.2 Å². The van der Waals surface area contributed by atoms with Gasteiger partial charge in [0.2, 0.25) is 0 Å². The third kappa shape index (κ3) is 2.49. The van der Waals surface area contributed by atoms with Gasteiger partial charge in [-0.05, 0) is 31.4 Å². The first kappa shape index (κ1) is 10.0. The van der Waals surface area contributed by atoms with E-state index in [1.807, 2.05) is 18.7 Å². The largest absolute Gasteiger partial charge is 0.501 e. The molecule has 0 unspecified atom stereocenters. The number of pyridine rings is 1. The van der Waals surface area contributed by atoms with Gasteiger partial charge in [-0.25, -0.2) is 0 Å². The van der Waals surface area contributed by atoms with Crippen molar-refractivity contribution in [1.82, 2.24) is 4.98 Å². The summed E-state index contributed by atoms with van der Waals surface area (Å²) in [5.41, 5.74) is 3.48. The van der Waals surface area contributed by atoms with Crippen molar-refractivity contribution in [2.24, 2.45) is 0 Å². The highest BCUT2D eigenvalue weighted by Gasteiger charge is 2.07. The van der Waals surface area contributed by atoms with Crippen LogP contribution >= 0.6 is 0 Å². The number of hydrogen-bond donors (Lipinski definition) is 1. The van der Waals surface area contributed by atoms with Crippen molar-refractivity contribution >= 4 is 11.3 Å². The lowest BCUT2D eigenvalue weighted by molar-refractivity contribution is 0.235. The molecule has 2 heterocycles. The van der Waals surface area contributed by atoms with Gasteiger partial charge in [0.05, 0.1) is 18.6 Å². The van der Waals surface area contributed by atoms with E-state index in [1.54, 1.807) is 0 Å². The quantitative estimate of drug-likeness (QED) is 0.822. The molecule has 1 aromatic rings. The molecule has 0 radical (unpaired) electrons. The first-order chi connectivity index (χ1) is 7.40. The van der Waals surface area contributed by atoms with Gasteiger partial charge in [0.15, 0.2) is 0 Å². The molecule has 1 aromatic heterocycles. The fraction of sp³-hybridized carbons (Fsp3) is 0.417. The van der Waals surface area contributed by atoms with Crippen molar-refractivity contribution in [3.8, 4) is 0 Å². The average molecular weight is 204 g/mol. The molecule has 0 fully saturated rings. The smallest absolute Gasteiger partial charge is 0.0876 e. The van der Waals surface area contributed by atoms with E-state index in [9.17, 15) is 0 Å². The van der Waals surface area contributed by atoms with E-state index in [4.69, 9.17) is 4.74 Å². The van der Waals surface area contributed by atoms with Gasteiger partial charge in [-0.15, -0.1) is 0 Å². The minimum absolute atomic E-state index is 0.837. The van der Waals surface area contributed by atoms with Crippen LogP contribution in [0, 0.1) is 0 Å². The van der Waals surface area contributed by atoms with Gasteiger partial charge >= 0.3 is 0 Å². The molecule has 15 heavy (non-hydrogen) atoms. The Morgan fingerprint density at radius 1 is 1.47 bits per heavy atom. The Balaban J connectivity index is 2.20. The Morgan fingerprint density at radius 3 is 3.13 bits per heavy atom. The lowest BCUT2D eigenvalue weighted by Crippen LogP contribution is -2.01. The third-order valence-electron chi connectivity index (χ3n) is 2.42. The zero-order valence-corrected chi connectivity index (χ0v) is 8.99. The van der Waals surface area contributed by atoms with Crippen LogP contribution in [0.3, 0.4) is 0 Å². The summed E-state index contributed by atoms with van der Waals surface area (Å²) in [4.78, 5) is 4.22. The van der Waals surface area contributed by atoms with Crippen molar-refractivity contribution in [3.05, 3.63) is 30.3 Å². The molecule has 0 saturated carbocycles. The van der Waals surface area contributed by atoms with Crippen LogP contribution in [0.1, 0.15) is 25.3 Å². The number of nitrogens with zero attached hydrogens (tertiary/aromatic N) is 1. The summed E-state index contributed by atoms with van der Waals surface area (Å²) < 4.78 is 5.33. The fourth-order valence-electron chi connectivity index (χ4n) is 1.69. The van der Waals surface area contributed by atoms with Crippen molar-refractivity contribution in [2.45, 2.75) is 19.8 Å². The van der Waals surface area contributed by atoms with Crippen LogP contribution in [-0.2, 0) is 4.74 Å². The van der Waals surface area contributed by atoms with E-state index in [0.717, 1.165) is 37.2 Å². The van der Waals surface area contributed by atoms with Crippen LogP contribution in [0.4, 0.5) is 5.69 Å². The van der Waals surface area contributed by atoms with Gasteiger partial charge in [-0.3, -0.25) is 4.98 Å². The highest BCUT2D eigenvalue weighted by molar-refractivity contribution is 5.67. The van der Waals surface area contributed by atoms with Gasteiger partial charge in [0.25, 0.3) is 0 Å². The van der Waals surface area contributed by atoms with E-state index < -0.39 is 0 Å². The molecule has 0 saturated heterocycles. The molecule has 0 aromatic carbocycles. The molecule has 0 bridgehead atoms. The predicted molar refractivity (Wildman–Crippen MR) is 61.6 cm³/mol. The molecule has 3 heteroatoms. The summed E-state index contributed by atoms with van der Waals surface area (Å²) in [6.45, 7) is 3.83. The van der Waals surface area contributed by atoms with E-state index >= 15 is 0 Å². The summed E-state index contributed by atoms with van der Waals surface area (Å²) in [6, 6.07) is 2.12. The Kier molecular flexibility index (Phi) is 3.22. The minimum atomic E-state index is 0.837. The van der Waals surface area contributed by atoms with E-state index in [-0.39, 0.29) is 0 Å². The van der Waals surface area contributed by atoms with Gasteiger partial charge in [0.1, 0.15) is 0 Å². The fourth-order valence-corrected chi connectivity index (χ4v) is 1.69. The first-order valence-electron chi connectivity index (χ1n) is 5.40. The molecular formula is C12H16N2O. The highest BCUT2D eigenvalue weighted by atomic mass is 16.5. The summed E-state index contributed by atoms with van der Waals surface area (Å²) >= 11 is 0. The van der Waals surface area contributed by atoms with Gasteiger partial charge < -0.3 is 10.1 Å². The van der Waals surface area contributed by atoms with Gasteiger partial charge in [0, 0.05) is 24.5 Å². The molecule has 0 amide bonds. The lowest BCUT2D eigenvalue weighted by atomic mass is 10.0. The van der Waals surface area contributed by atoms with Crippen LogP contribution in [0.15, 0.2) is 24.7 Å². The highest BCUT2D eigenvalue weighted by Crippen LogP contribution is 2.24. The maximum Gasteiger partial charge on any atom is 0.0876 e. The molecule has 0 aliphatic carbocycles. The van der Waals surface area contributed by atoms with Gasteiger partial charge in [-0.2, -0.15) is 0 Å². The molecule has 80 valence electrons. The Hall–Kier alpha value is -1.51. The molecule has 1 aliphatic heterocycles. The number of allylic oxidation sites excluding steroid dienone is 1. The van der Waals surface area contributed by atoms with Crippen LogP contribution < -0.4 is 5.32 Å². The normalized spacial score (nSPS) is 15.4. The zero-order chi connectivity index (χ0) is 10.5. The molecule has 1 N–H and O–H groups in total. The standard InChI is InChI=1S/C12H16N2O/c1-2-14-12-6-11(7-13-8-12)10-4-3-5-15-9-10/h6-9,14H,2-5H2,1H3. The number of ether oxygens (including phenoxy) is 1. The Morgan fingerprint density at radius 2 is 2.40 bits per heavy atom. The Bertz CT molecular complexity index is 360. The second-order valence-electron chi connectivity index (χ2n) is 3.61. The van der Waals surface area contributed by atoms with Crippen molar-refractivity contribution < 1.29 is 4.74 Å². The van der Waals surface area contributed by atoms with Crippen molar-refractivity contribution in [1.29, 1.82) is 0 Å². The summed E-state index contributed by atoms with van der Waals surface area (Å²) in [5.74, 6) is 0. The van der Waals surface area contributed by atoms with Crippen LogP contribution in [0.5, 0.6) is 0 Å². The number of rotatable bonds is 3. The predicted octanol–water partition coefficient (Wildman–Crippen LogP) is 2.66. The molecule has 0 spiro atoms. The molecule has 2 rings (SSSR count). The molecular weight excluding hydrogens is 188 g/mol. The van der Waals surface area contributed by atoms with E-state index in [1.165, 1.54) is 5.57 Å². The van der Waals surface area contributed by atoms with Crippen molar-refractivity contribution in [3.63, 3.8) is 0 Å². The number of anilines is 1. The minimum Gasteiger partial charge on any atom is -0.501 e. The lowest BCUT2D eigenvalue weighted by Gasteiger charge is -2.14. The van der Waals surface area contributed by atoms with Crippen molar-refractivity contribution in [2.75, 3.05) is 18.5 Å². The van der Waals surface area contributed by atoms with Crippen LogP contribution in [0.2, 0.25) is 0 Å². The maximum absolute atomic E-state index is 5.33. The monoisotopic (exact) mass is 204 g/mol. The number of aromatic nitrogens is 1. The average Bonchev–Trinajstić information content (AvgIpc) is 2.31. The summed E-state index contributed by atoms with van der Waals surface area (Å²) in [6.07, 6.45) is 7.77. The third-order valence-corrected chi connectivity index (χ3v) is 2.42. The molecule has 3 nitrogen and oxygen atoms in total. The second-order valence-corrected chi connectivity index (χ2v) is 3.61. The number of nitrogens with one attached hydrogen (secondary N) is 1. The molecule has 1 aliphatic rings. The van der Waals surface area contributed by atoms with Gasteiger partial charge in [-0.1, -0.05) is 0 Å². The summed E-state index contributed by atoms with van der Waals surface area (Å²) in [5, 5.41) is 3.26. The van der Waals surface area contributed by atoms with E-state index in [0.29, 0.717) is 0 Å². The summed E-state index contributed by atoms with van der Waals surface area (Å²) in [7, 11) is 0. The maximum atomic E-state index is 5.33.